The summed E-state index contributed by atoms with van der Waals surface area (Å²) in [6, 6.07) is 19.2. The Balaban J connectivity index is 1.86. The minimum absolute atomic E-state index is 0.187. The second-order valence-corrected chi connectivity index (χ2v) is 5.66. The van der Waals surface area contributed by atoms with E-state index in [1.807, 2.05) is 62.4 Å². The molecule has 120 valence electrons. The van der Waals surface area contributed by atoms with Crippen LogP contribution in [-0.4, -0.2) is 10.9 Å². The number of carbonyl (C=O) groups excluding carboxylic acids is 1. The van der Waals surface area contributed by atoms with Gasteiger partial charge in [0.2, 0.25) is 0 Å². The first-order chi connectivity index (χ1) is 11.6. The lowest BCUT2D eigenvalue weighted by atomic mass is 10.1. The van der Waals surface area contributed by atoms with Crippen LogP contribution in [0, 0.1) is 13.8 Å². The number of aryl methyl sites for hydroxylation is 2. The van der Waals surface area contributed by atoms with Crippen LogP contribution in [0.25, 0.3) is 0 Å². The van der Waals surface area contributed by atoms with Gasteiger partial charge in [0.15, 0.2) is 0 Å². The smallest absolute Gasteiger partial charge is 0.259 e. The molecular weight excluding hydrogens is 298 g/mol. The SMILES string of the molecule is Cc1cccc(Nc2ncccc2C(=O)Nc2ccccc2C)c1. The molecule has 0 bridgehead atoms. The Morgan fingerprint density at radius 3 is 2.58 bits per heavy atom. The Morgan fingerprint density at radius 2 is 1.79 bits per heavy atom. The van der Waals surface area contributed by atoms with Crippen molar-refractivity contribution >= 4 is 23.1 Å². The highest BCUT2D eigenvalue weighted by Gasteiger charge is 2.13. The lowest BCUT2D eigenvalue weighted by Crippen LogP contribution is -2.15. The Labute approximate surface area is 141 Å². The highest BCUT2D eigenvalue weighted by atomic mass is 16.1. The van der Waals surface area contributed by atoms with E-state index in [1.165, 1.54) is 0 Å². The maximum atomic E-state index is 12.7. The van der Waals surface area contributed by atoms with Gasteiger partial charge in [-0.25, -0.2) is 4.98 Å². The van der Waals surface area contributed by atoms with E-state index < -0.39 is 0 Å². The van der Waals surface area contributed by atoms with Gasteiger partial charge in [0.05, 0.1) is 5.56 Å². The normalized spacial score (nSPS) is 10.2. The highest BCUT2D eigenvalue weighted by molar-refractivity contribution is 6.08. The molecule has 0 radical (unpaired) electrons. The topological polar surface area (TPSA) is 54.0 Å². The monoisotopic (exact) mass is 317 g/mol. The average molecular weight is 317 g/mol. The van der Waals surface area contributed by atoms with E-state index in [-0.39, 0.29) is 5.91 Å². The van der Waals surface area contributed by atoms with Crippen LogP contribution in [0.5, 0.6) is 0 Å². The molecule has 0 aliphatic heterocycles. The molecule has 2 N–H and O–H groups in total. The van der Waals surface area contributed by atoms with Crippen molar-refractivity contribution in [1.29, 1.82) is 0 Å². The summed E-state index contributed by atoms with van der Waals surface area (Å²) >= 11 is 0. The van der Waals surface area contributed by atoms with Crippen LogP contribution >= 0.6 is 0 Å². The van der Waals surface area contributed by atoms with Crippen LogP contribution in [0.4, 0.5) is 17.2 Å². The Hall–Kier alpha value is -3.14. The van der Waals surface area contributed by atoms with E-state index in [9.17, 15) is 4.79 Å². The molecule has 1 amide bonds. The number of para-hydroxylation sites is 1. The van der Waals surface area contributed by atoms with Gasteiger partial charge in [0.25, 0.3) is 5.91 Å². The van der Waals surface area contributed by atoms with Crippen molar-refractivity contribution in [3.63, 3.8) is 0 Å². The summed E-state index contributed by atoms with van der Waals surface area (Å²) in [5.41, 5.74) is 4.36. The summed E-state index contributed by atoms with van der Waals surface area (Å²) in [7, 11) is 0. The van der Waals surface area contributed by atoms with E-state index in [2.05, 4.69) is 15.6 Å². The lowest BCUT2D eigenvalue weighted by Gasteiger charge is -2.12. The number of amides is 1. The molecule has 1 aromatic heterocycles. The molecule has 0 fully saturated rings. The summed E-state index contributed by atoms with van der Waals surface area (Å²) in [6.45, 7) is 3.99. The Kier molecular flexibility index (Phi) is 4.57. The van der Waals surface area contributed by atoms with Crippen molar-refractivity contribution < 1.29 is 4.79 Å². The molecule has 24 heavy (non-hydrogen) atoms. The Morgan fingerprint density at radius 1 is 0.958 bits per heavy atom. The van der Waals surface area contributed by atoms with E-state index in [0.717, 1.165) is 22.5 Å². The van der Waals surface area contributed by atoms with Gasteiger partial charge in [-0.3, -0.25) is 4.79 Å². The van der Waals surface area contributed by atoms with Crippen LogP contribution in [0.3, 0.4) is 0 Å². The van der Waals surface area contributed by atoms with Crippen molar-refractivity contribution in [1.82, 2.24) is 4.98 Å². The number of aromatic nitrogens is 1. The largest absolute Gasteiger partial charge is 0.340 e. The molecule has 3 rings (SSSR count). The zero-order valence-electron chi connectivity index (χ0n) is 13.7. The van der Waals surface area contributed by atoms with Crippen LogP contribution in [0.2, 0.25) is 0 Å². The molecule has 0 saturated heterocycles. The molecule has 0 aliphatic rings. The van der Waals surface area contributed by atoms with E-state index in [0.29, 0.717) is 11.4 Å². The maximum Gasteiger partial charge on any atom is 0.259 e. The maximum absolute atomic E-state index is 12.7. The fourth-order valence-corrected chi connectivity index (χ4v) is 2.45. The summed E-state index contributed by atoms with van der Waals surface area (Å²) in [4.78, 5) is 17.0. The molecule has 4 nitrogen and oxygen atoms in total. The van der Waals surface area contributed by atoms with Crippen molar-refractivity contribution in [3.05, 3.63) is 83.6 Å². The molecule has 0 atom stereocenters. The van der Waals surface area contributed by atoms with Gasteiger partial charge < -0.3 is 10.6 Å². The Bertz CT molecular complexity index is 874. The minimum atomic E-state index is -0.187. The van der Waals surface area contributed by atoms with Crippen molar-refractivity contribution in [2.45, 2.75) is 13.8 Å². The van der Waals surface area contributed by atoms with E-state index in [1.54, 1.807) is 18.3 Å². The number of pyridine rings is 1. The van der Waals surface area contributed by atoms with Crippen molar-refractivity contribution in [2.75, 3.05) is 10.6 Å². The second-order valence-electron chi connectivity index (χ2n) is 5.66. The summed E-state index contributed by atoms with van der Waals surface area (Å²) in [5, 5.41) is 6.17. The van der Waals surface area contributed by atoms with Crippen LogP contribution in [-0.2, 0) is 0 Å². The van der Waals surface area contributed by atoms with Gasteiger partial charge in [-0.2, -0.15) is 0 Å². The first kappa shape index (κ1) is 15.7. The van der Waals surface area contributed by atoms with Crippen LogP contribution in [0.15, 0.2) is 66.9 Å². The summed E-state index contributed by atoms with van der Waals surface area (Å²) in [6.07, 6.45) is 1.67. The van der Waals surface area contributed by atoms with E-state index >= 15 is 0 Å². The highest BCUT2D eigenvalue weighted by Crippen LogP contribution is 2.21. The van der Waals surface area contributed by atoms with Gasteiger partial charge >= 0.3 is 0 Å². The van der Waals surface area contributed by atoms with Gasteiger partial charge in [-0.05, 0) is 55.3 Å². The molecule has 3 aromatic rings. The molecule has 0 unspecified atom stereocenters. The number of hydrogen-bond acceptors (Lipinski definition) is 3. The van der Waals surface area contributed by atoms with Crippen LogP contribution in [0.1, 0.15) is 21.5 Å². The van der Waals surface area contributed by atoms with Crippen molar-refractivity contribution in [3.8, 4) is 0 Å². The average Bonchev–Trinajstić information content (AvgIpc) is 2.57. The molecule has 0 saturated carbocycles. The fraction of sp³-hybridized carbons (Fsp3) is 0.100. The number of rotatable bonds is 4. The van der Waals surface area contributed by atoms with E-state index in [4.69, 9.17) is 0 Å². The standard InChI is InChI=1S/C20H19N3O/c1-14-7-5-9-16(13-14)22-19-17(10-6-12-21-19)20(24)23-18-11-4-3-8-15(18)2/h3-13H,1-2H3,(H,21,22)(H,23,24). The quantitative estimate of drug-likeness (QED) is 0.733. The fourth-order valence-electron chi connectivity index (χ4n) is 2.45. The number of nitrogens with zero attached hydrogens (tertiary/aromatic N) is 1. The van der Waals surface area contributed by atoms with Gasteiger partial charge in [0, 0.05) is 17.6 Å². The van der Waals surface area contributed by atoms with Crippen LogP contribution < -0.4 is 10.6 Å². The lowest BCUT2D eigenvalue weighted by molar-refractivity contribution is 0.102. The number of benzene rings is 2. The third kappa shape index (κ3) is 3.60. The number of nitrogens with one attached hydrogen (secondary N) is 2. The first-order valence-electron chi connectivity index (χ1n) is 7.79. The predicted molar refractivity (Wildman–Crippen MR) is 97.8 cm³/mol. The minimum Gasteiger partial charge on any atom is -0.340 e. The number of hydrogen-bond donors (Lipinski definition) is 2. The third-order valence-corrected chi connectivity index (χ3v) is 3.73. The number of anilines is 3. The molecule has 4 heteroatoms. The third-order valence-electron chi connectivity index (χ3n) is 3.73. The summed E-state index contributed by atoms with van der Waals surface area (Å²) < 4.78 is 0. The number of carbonyl (C=O) groups is 1. The first-order valence-corrected chi connectivity index (χ1v) is 7.79. The molecule has 0 aliphatic carbocycles. The summed E-state index contributed by atoms with van der Waals surface area (Å²) in [5.74, 6) is 0.349. The predicted octanol–water partition coefficient (Wildman–Crippen LogP) is 4.69. The molecule has 0 spiro atoms. The molecular formula is C20H19N3O. The second kappa shape index (κ2) is 6.96. The van der Waals surface area contributed by atoms with Crippen molar-refractivity contribution in [2.24, 2.45) is 0 Å². The van der Waals surface area contributed by atoms with Gasteiger partial charge in [-0.1, -0.05) is 30.3 Å². The zero-order valence-corrected chi connectivity index (χ0v) is 13.7. The molecule has 1 heterocycles. The molecule has 2 aromatic carbocycles. The zero-order chi connectivity index (χ0) is 16.9. The van der Waals surface area contributed by atoms with Gasteiger partial charge in [0.1, 0.15) is 5.82 Å². The van der Waals surface area contributed by atoms with Gasteiger partial charge in [-0.15, -0.1) is 0 Å².